The number of fused-ring (bicyclic) bond motifs is 1. The maximum Gasteiger partial charge on any atom is 0.134 e. The highest BCUT2D eigenvalue weighted by Gasteiger charge is 2.25. The molecule has 6 heteroatoms. The smallest absolute Gasteiger partial charge is 0.134 e. The fourth-order valence-electron chi connectivity index (χ4n) is 3.10. The lowest BCUT2D eigenvalue weighted by Gasteiger charge is -2.35. The van der Waals surface area contributed by atoms with Crippen LogP contribution in [0.5, 0.6) is 0 Å². The van der Waals surface area contributed by atoms with E-state index in [0.717, 1.165) is 49.1 Å². The Balaban J connectivity index is 0.00000144. The van der Waals surface area contributed by atoms with E-state index in [0.29, 0.717) is 5.15 Å². The molecule has 0 unspecified atom stereocenters. The molecule has 0 amide bonds. The van der Waals surface area contributed by atoms with Gasteiger partial charge in [0.15, 0.2) is 0 Å². The summed E-state index contributed by atoms with van der Waals surface area (Å²) >= 11 is 6.52. The Kier molecular flexibility index (Phi) is 8.48. The van der Waals surface area contributed by atoms with Gasteiger partial charge in [0.2, 0.25) is 0 Å². The van der Waals surface area contributed by atoms with Crippen LogP contribution in [-0.4, -0.2) is 36.1 Å². The van der Waals surface area contributed by atoms with Crippen molar-refractivity contribution in [3.05, 3.63) is 53.2 Å². The van der Waals surface area contributed by atoms with Crippen LogP contribution in [0.15, 0.2) is 42.5 Å². The molecule has 1 aliphatic heterocycles. The van der Waals surface area contributed by atoms with Gasteiger partial charge in [0.25, 0.3) is 0 Å². The molecule has 1 aliphatic rings. The number of benzene rings is 1. The molecular weight excluding hydrogens is 365 g/mol. The fraction of sp³-hybridized carbons (Fsp3) is 0.389. The van der Waals surface area contributed by atoms with Crippen LogP contribution in [0.1, 0.15) is 24.9 Å². The molecule has 2 aromatic rings. The van der Waals surface area contributed by atoms with Crippen molar-refractivity contribution in [2.24, 2.45) is 0 Å². The number of nitrogens with one attached hydrogen (secondary N) is 1. The normalized spacial score (nSPS) is 16.1. The number of piperazine rings is 1. The van der Waals surface area contributed by atoms with Crippen LogP contribution in [0.4, 0.5) is 0 Å². The van der Waals surface area contributed by atoms with Crippen LogP contribution in [0.3, 0.4) is 0 Å². The number of aromatic nitrogens is 1. The molecule has 0 saturated carbocycles. The van der Waals surface area contributed by atoms with Crippen molar-refractivity contribution >= 4 is 47.3 Å². The van der Waals surface area contributed by atoms with Crippen molar-refractivity contribution in [2.45, 2.75) is 19.4 Å². The second kappa shape index (κ2) is 9.59. The highest BCUT2D eigenvalue weighted by atomic mass is 35.5. The molecule has 0 radical (unpaired) electrons. The molecule has 2 heterocycles. The minimum absolute atomic E-state index is 0. The molecule has 0 bridgehead atoms. The third-order valence-electron chi connectivity index (χ3n) is 4.20. The summed E-state index contributed by atoms with van der Waals surface area (Å²) in [5, 5.41) is 5.16. The van der Waals surface area contributed by atoms with Crippen molar-refractivity contribution in [1.29, 1.82) is 0 Å². The molecule has 1 aromatic carbocycles. The Labute approximate surface area is 161 Å². The molecule has 3 nitrogen and oxygen atoms in total. The van der Waals surface area contributed by atoms with Crippen LogP contribution in [0, 0.1) is 0 Å². The van der Waals surface area contributed by atoms with Crippen LogP contribution in [-0.2, 0) is 0 Å². The lowest BCUT2D eigenvalue weighted by Crippen LogP contribution is -2.45. The number of hydrogen-bond donors (Lipinski definition) is 1. The van der Waals surface area contributed by atoms with Gasteiger partial charge in [-0.15, -0.1) is 31.4 Å². The lowest BCUT2D eigenvalue weighted by atomic mass is 9.98. The summed E-state index contributed by atoms with van der Waals surface area (Å²) < 4.78 is 0. The van der Waals surface area contributed by atoms with E-state index in [2.05, 4.69) is 40.8 Å². The van der Waals surface area contributed by atoms with Gasteiger partial charge in [0, 0.05) is 43.2 Å². The van der Waals surface area contributed by atoms with Gasteiger partial charge >= 0.3 is 0 Å². The summed E-state index contributed by atoms with van der Waals surface area (Å²) in [5.74, 6) is 0. The largest absolute Gasteiger partial charge is 0.314 e. The maximum atomic E-state index is 6.52. The van der Waals surface area contributed by atoms with Crippen molar-refractivity contribution in [1.82, 2.24) is 15.2 Å². The SMILES string of the molecule is C=C(C)C[C@H](c1cc2ccccc2nc1Cl)N1CCNCC1.Cl.Cl. The van der Waals surface area contributed by atoms with Gasteiger partial charge in [-0.2, -0.15) is 0 Å². The number of rotatable bonds is 4. The molecule has 3 rings (SSSR count). The summed E-state index contributed by atoms with van der Waals surface area (Å²) in [5.41, 5.74) is 3.24. The predicted octanol–water partition coefficient (Wildman–Crippen LogP) is 4.64. The average molecular weight is 389 g/mol. The van der Waals surface area contributed by atoms with Crippen LogP contribution in [0.2, 0.25) is 5.15 Å². The topological polar surface area (TPSA) is 28.2 Å². The third kappa shape index (κ3) is 4.84. The minimum Gasteiger partial charge on any atom is -0.314 e. The second-order valence-corrected chi connectivity index (χ2v) is 6.38. The number of halogens is 3. The van der Waals surface area contributed by atoms with Crippen molar-refractivity contribution < 1.29 is 0 Å². The molecule has 0 spiro atoms. The zero-order valence-electron chi connectivity index (χ0n) is 13.8. The first-order valence-corrected chi connectivity index (χ1v) is 8.17. The molecule has 24 heavy (non-hydrogen) atoms. The minimum atomic E-state index is 0. The molecular formula is C18H24Cl3N3. The summed E-state index contributed by atoms with van der Waals surface area (Å²) in [6.07, 6.45) is 0.916. The first-order chi connectivity index (χ1) is 10.6. The first-order valence-electron chi connectivity index (χ1n) is 7.79. The molecule has 1 N–H and O–H groups in total. The summed E-state index contributed by atoms with van der Waals surface area (Å²) in [4.78, 5) is 7.08. The predicted molar refractivity (Wildman–Crippen MR) is 108 cm³/mol. The lowest BCUT2D eigenvalue weighted by molar-refractivity contribution is 0.172. The van der Waals surface area contributed by atoms with E-state index >= 15 is 0 Å². The molecule has 1 saturated heterocycles. The first kappa shape index (κ1) is 21.2. The number of hydrogen-bond acceptors (Lipinski definition) is 3. The van der Waals surface area contributed by atoms with Gasteiger partial charge in [-0.05, 0) is 25.5 Å². The average Bonchev–Trinajstić information content (AvgIpc) is 2.53. The monoisotopic (exact) mass is 387 g/mol. The van der Waals surface area contributed by atoms with E-state index in [1.54, 1.807) is 0 Å². The quantitative estimate of drug-likeness (QED) is 0.610. The van der Waals surface area contributed by atoms with Crippen molar-refractivity contribution in [3.8, 4) is 0 Å². The summed E-state index contributed by atoms with van der Waals surface area (Å²) in [7, 11) is 0. The second-order valence-electron chi connectivity index (χ2n) is 6.02. The van der Waals surface area contributed by atoms with Crippen molar-refractivity contribution in [3.63, 3.8) is 0 Å². The van der Waals surface area contributed by atoms with E-state index < -0.39 is 0 Å². The van der Waals surface area contributed by atoms with E-state index in [4.69, 9.17) is 11.6 Å². The third-order valence-corrected chi connectivity index (χ3v) is 4.50. The Hall–Kier alpha value is -0.840. The van der Waals surface area contributed by atoms with E-state index in [9.17, 15) is 0 Å². The fourth-order valence-corrected chi connectivity index (χ4v) is 3.37. The van der Waals surface area contributed by atoms with E-state index in [1.807, 2.05) is 18.2 Å². The van der Waals surface area contributed by atoms with Crippen molar-refractivity contribution in [2.75, 3.05) is 26.2 Å². The number of nitrogens with zero attached hydrogens (tertiary/aromatic N) is 2. The zero-order chi connectivity index (χ0) is 15.5. The molecule has 0 aliphatic carbocycles. The Morgan fingerprint density at radius 2 is 1.96 bits per heavy atom. The number of para-hydroxylation sites is 1. The van der Waals surface area contributed by atoms with Gasteiger partial charge in [0.05, 0.1) is 5.52 Å². The van der Waals surface area contributed by atoms with Gasteiger partial charge in [-0.25, -0.2) is 4.98 Å². The van der Waals surface area contributed by atoms with Crippen LogP contribution < -0.4 is 5.32 Å². The van der Waals surface area contributed by atoms with Gasteiger partial charge in [0.1, 0.15) is 5.15 Å². The molecule has 132 valence electrons. The Morgan fingerprint density at radius 3 is 2.62 bits per heavy atom. The highest BCUT2D eigenvalue weighted by Crippen LogP contribution is 2.33. The summed E-state index contributed by atoms with van der Waals surface area (Å²) in [6.45, 7) is 10.3. The Bertz CT molecular complexity index is 684. The highest BCUT2D eigenvalue weighted by molar-refractivity contribution is 6.30. The van der Waals surface area contributed by atoms with Gasteiger partial charge < -0.3 is 5.32 Å². The standard InChI is InChI=1S/C18H22ClN3.2ClH/c1-13(2)11-17(22-9-7-20-8-10-22)15-12-14-5-3-4-6-16(14)21-18(15)19;;/h3-6,12,17,20H,1,7-11H2,2H3;2*1H/t17-;;/m1../s1. The molecule has 1 atom stereocenters. The van der Waals surface area contributed by atoms with Gasteiger partial charge in [-0.1, -0.05) is 35.4 Å². The maximum absolute atomic E-state index is 6.52. The number of pyridine rings is 1. The van der Waals surface area contributed by atoms with Crippen LogP contribution >= 0.6 is 36.4 Å². The Morgan fingerprint density at radius 1 is 1.29 bits per heavy atom. The summed E-state index contributed by atoms with van der Waals surface area (Å²) in [6, 6.07) is 10.6. The zero-order valence-corrected chi connectivity index (χ0v) is 16.2. The molecule has 1 fully saturated rings. The van der Waals surface area contributed by atoms with E-state index in [1.165, 1.54) is 5.57 Å². The van der Waals surface area contributed by atoms with Crippen LogP contribution in [0.25, 0.3) is 10.9 Å². The van der Waals surface area contributed by atoms with E-state index in [-0.39, 0.29) is 30.9 Å². The molecule has 1 aromatic heterocycles. The van der Waals surface area contributed by atoms with Gasteiger partial charge in [-0.3, -0.25) is 4.90 Å².